The van der Waals surface area contributed by atoms with Crippen LogP contribution >= 0.6 is 11.3 Å². The molecule has 0 aliphatic heterocycles. The number of oxime groups is 1. The molecule has 0 aliphatic carbocycles. The topological polar surface area (TPSA) is 116 Å². The van der Waals surface area contributed by atoms with Gasteiger partial charge in [0.1, 0.15) is 22.2 Å². The number of benzene rings is 2. The number of anilines is 1. The zero-order chi connectivity index (χ0) is 22.1. The lowest BCUT2D eigenvalue weighted by Crippen LogP contribution is -2.12. The minimum Gasteiger partial charge on any atom is -0.494 e. The molecule has 0 radical (unpaired) electrons. The van der Waals surface area contributed by atoms with Crippen LogP contribution in [0.1, 0.15) is 36.8 Å². The highest BCUT2D eigenvalue weighted by Crippen LogP contribution is 2.31. The van der Waals surface area contributed by atoms with Crippen molar-refractivity contribution in [2.75, 3.05) is 18.9 Å². The highest BCUT2D eigenvalue weighted by atomic mass is 32.1. The summed E-state index contributed by atoms with van der Waals surface area (Å²) in [5, 5.41) is 13.4. The number of unbranched alkanes of at least 4 members (excludes halogenated alkanes) is 2. The molecule has 31 heavy (non-hydrogen) atoms. The number of rotatable bonds is 11. The van der Waals surface area contributed by atoms with Gasteiger partial charge in [-0.2, -0.15) is 0 Å². The lowest BCUT2D eigenvalue weighted by Gasteiger charge is -2.08. The molecule has 0 spiro atoms. The maximum Gasteiger partial charge on any atom is 0.170 e. The van der Waals surface area contributed by atoms with E-state index >= 15 is 0 Å². The van der Waals surface area contributed by atoms with Crippen molar-refractivity contribution in [1.82, 2.24) is 4.98 Å². The smallest absolute Gasteiger partial charge is 0.170 e. The van der Waals surface area contributed by atoms with Crippen LogP contribution in [0.4, 0.5) is 5.00 Å². The van der Waals surface area contributed by atoms with Gasteiger partial charge in [0.15, 0.2) is 5.84 Å². The summed E-state index contributed by atoms with van der Waals surface area (Å²) in [5.41, 5.74) is 14.1. The summed E-state index contributed by atoms with van der Waals surface area (Å²) in [7, 11) is 0. The van der Waals surface area contributed by atoms with Crippen molar-refractivity contribution < 1.29 is 14.7 Å². The van der Waals surface area contributed by atoms with Crippen molar-refractivity contribution >= 4 is 22.2 Å². The Morgan fingerprint density at radius 1 is 0.968 bits per heavy atom. The second-order valence-electron chi connectivity index (χ2n) is 6.97. The molecule has 0 atom stereocenters. The fourth-order valence-corrected chi connectivity index (χ4v) is 3.78. The zero-order valence-electron chi connectivity index (χ0n) is 17.6. The van der Waals surface area contributed by atoms with E-state index in [0.717, 1.165) is 58.4 Å². The Kier molecular flexibility index (Phi) is 8.12. The molecule has 0 saturated carbocycles. The summed E-state index contributed by atoms with van der Waals surface area (Å²) in [6.07, 6.45) is 3.79. The van der Waals surface area contributed by atoms with Gasteiger partial charge in [-0.1, -0.05) is 12.1 Å². The van der Waals surface area contributed by atoms with Gasteiger partial charge in [-0.25, -0.2) is 4.98 Å². The van der Waals surface area contributed by atoms with Gasteiger partial charge in [-0.15, -0.1) is 11.3 Å². The highest BCUT2D eigenvalue weighted by Gasteiger charge is 2.09. The highest BCUT2D eigenvalue weighted by molar-refractivity contribution is 7.16. The third-order valence-electron chi connectivity index (χ3n) is 4.71. The number of ether oxygens (including phenoxy) is 2. The first-order valence-electron chi connectivity index (χ1n) is 10.3. The molecule has 0 aliphatic rings. The van der Waals surface area contributed by atoms with E-state index in [0.29, 0.717) is 18.8 Å². The van der Waals surface area contributed by atoms with Gasteiger partial charge in [-0.3, -0.25) is 0 Å². The Labute approximate surface area is 186 Å². The van der Waals surface area contributed by atoms with Gasteiger partial charge in [0.25, 0.3) is 0 Å². The van der Waals surface area contributed by atoms with E-state index in [-0.39, 0.29) is 5.84 Å². The van der Waals surface area contributed by atoms with Crippen molar-refractivity contribution in [2.45, 2.75) is 32.6 Å². The summed E-state index contributed by atoms with van der Waals surface area (Å²) in [6.45, 7) is 3.37. The molecule has 3 rings (SSSR count). The van der Waals surface area contributed by atoms with Gasteiger partial charge in [0.2, 0.25) is 0 Å². The average Bonchev–Trinajstić information content (AvgIpc) is 3.19. The number of nitrogens with two attached hydrogens (primary N) is 2. The van der Waals surface area contributed by atoms with E-state index in [4.69, 9.17) is 26.1 Å². The van der Waals surface area contributed by atoms with Crippen molar-refractivity contribution in [3.8, 4) is 22.8 Å². The molecule has 5 N–H and O–H groups in total. The summed E-state index contributed by atoms with van der Waals surface area (Å²) < 4.78 is 11.5. The molecular formula is C23H28N4O3S. The van der Waals surface area contributed by atoms with E-state index in [9.17, 15) is 0 Å². The SMILES string of the molecule is CCc1nc(-c2ccc(OCCCCCOc3ccc(/C(N)=N\O)cc3)cc2)c(N)s1. The Bertz CT molecular complexity index is 985. The summed E-state index contributed by atoms with van der Waals surface area (Å²) in [6, 6.07) is 15.1. The maximum absolute atomic E-state index is 8.67. The van der Waals surface area contributed by atoms with E-state index in [2.05, 4.69) is 17.1 Å². The number of aromatic nitrogens is 1. The minimum atomic E-state index is 0.0825. The lowest BCUT2D eigenvalue weighted by atomic mass is 10.1. The summed E-state index contributed by atoms with van der Waals surface area (Å²) in [5.74, 6) is 1.69. The van der Waals surface area contributed by atoms with Crippen molar-refractivity contribution in [2.24, 2.45) is 10.9 Å². The first-order chi connectivity index (χ1) is 15.1. The molecule has 7 nitrogen and oxygen atoms in total. The average molecular weight is 441 g/mol. The van der Waals surface area contributed by atoms with E-state index < -0.39 is 0 Å². The molecule has 0 fully saturated rings. The Morgan fingerprint density at radius 3 is 2.06 bits per heavy atom. The van der Waals surface area contributed by atoms with E-state index in [1.165, 1.54) is 0 Å². The normalized spacial score (nSPS) is 11.5. The molecule has 2 aromatic carbocycles. The number of thiazole rings is 1. The molecule has 0 saturated heterocycles. The molecule has 8 heteroatoms. The van der Waals surface area contributed by atoms with Gasteiger partial charge in [0.05, 0.1) is 18.2 Å². The first kappa shape index (κ1) is 22.4. The van der Waals surface area contributed by atoms with Gasteiger partial charge in [-0.05, 0) is 74.2 Å². The monoisotopic (exact) mass is 440 g/mol. The molecule has 164 valence electrons. The predicted octanol–water partition coefficient (Wildman–Crippen LogP) is 4.68. The fourth-order valence-electron chi connectivity index (χ4n) is 2.99. The molecule has 0 amide bonds. The Hall–Kier alpha value is -3.26. The standard InChI is InChI=1S/C23H28N4O3S/c1-2-20-26-21(23(25)31-20)16-6-10-18(11-7-16)29-14-4-3-5-15-30-19-12-8-17(9-13-19)22(24)27-28/h6-13,28H,2-5,14-15,25H2,1H3,(H2,24,27). The summed E-state index contributed by atoms with van der Waals surface area (Å²) >= 11 is 1.54. The lowest BCUT2D eigenvalue weighted by molar-refractivity contribution is 0.279. The number of hydrogen-bond acceptors (Lipinski definition) is 7. The Balaban J connectivity index is 1.33. The van der Waals surface area contributed by atoms with Crippen molar-refractivity contribution in [3.63, 3.8) is 0 Å². The van der Waals surface area contributed by atoms with Gasteiger partial charge in [0, 0.05) is 11.1 Å². The fraction of sp³-hybridized carbons (Fsp3) is 0.304. The minimum absolute atomic E-state index is 0.0825. The quantitative estimate of drug-likeness (QED) is 0.131. The van der Waals surface area contributed by atoms with Crippen LogP contribution in [0.3, 0.4) is 0 Å². The number of nitrogens with zero attached hydrogens (tertiary/aromatic N) is 2. The van der Waals surface area contributed by atoms with Crippen LogP contribution in [0.25, 0.3) is 11.3 Å². The predicted molar refractivity (Wildman–Crippen MR) is 125 cm³/mol. The third-order valence-corrected chi connectivity index (χ3v) is 5.74. The van der Waals surface area contributed by atoms with Crippen molar-refractivity contribution in [3.05, 3.63) is 59.1 Å². The summed E-state index contributed by atoms with van der Waals surface area (Å²) in [4.78, 5) is 4.59. The molecule has 0 bridgehead atoms. The van der Waals surface area contributed by atoms with Crippen LogP contribution in [-0.4, -0.2) is 29.2 Å². The van der Waals surface area contributed by atoms with Crippen LogP contribution in [0.5, 0.6) is 11.5 Å². The van der Waals surface area contributed by atoms with E-state index in [1.807, 2.05) is 36.4 Å². The number of hydrogen-bond donors (Lipinski definition) is 3. The molecular weight excluding hydrogens is 412 g/mol. The third kappa shape index (κ3) is 6.36. The largest absolute Gasteiger partial charge is 0.494 e. The molecule has 1 aromatic heterocycles. The molecule has 3 aromatic rings. The molecule has 0 unspecified atom stereocenters. The number of amidine groups is 1. The second-order valence-corrected chi connectivity index (χ2v) is 8.08. The van der Waals surface area contributed by atoms with Crippen LogP contribution in [-0.2, 0) is 6.42 Å². The molecule has 1 heterocycles. The van der Waals surface area contributed by atoms with Crippen LogP contribution in [0, 0.1) is 0 Å². The Morgan fingerprint density at radius 2 is 1.55 bits per heavy atom. The van der Waals surface area contributed by atoms with Gasteiger partial charge < -0.3 is 26.1 Å². The van der Waals surface area contributed by atoms with E-state index in [1.54, 1.807) is 23.5 Å². The number of aryl methyl sites for hydroxylation is 1. The number of nitrogen functional groups attached to an aromatic ring is 1. The van der Waals surface area contributed by atoms with Crippen LogP contribution < -0.4 is 20.9 Å². The van der Waals surface area contributed by atoms with Crippen molar-refractivity contribution in [1.29, 1.82) is 0 Å². The second kappa shape index (κ2) is 11.2. The first-order valence-corrected chi connectivity index (χ1v) is 11.1. The van der Waals surface area contributed by atoms with Crippen LogP contribution in [0.15, 0.2) is 53.7 Å². The maximum atomic E-state index is 8.67. The zero-order valence-corrected chi connectivity index (χ0v) is 18.4. The van der Waals surface area contributed by atoms with Gasteiger partial charge >= 0.3 is 0 Å². The van der Waals surface area contributed by atoms with Crippen LogP contribution in [0.2, 0.25) is 0 Å².